The number of aromatic nitrogens is 2. The summed E-state index contributed by atoms with van der Waals surface area (Å²) in [6, 6.07) is 7.60. The molecule has 6 nitrogen and oxygen atoms in total. The number of nitrogens with one attached hydrogen (secondary N) is 1. The van der Waals surface area contributed by atoms with Gasteiger partial charge < -0.3 is 5.32 Å². The summed E-state index contributed by atoms with van der Waals surface area (Å²) >= 11 is 4.93. The summed E-state index contributed by atoms with van der Waals surface area (Å²) in [6.45, 7) is 3.77. The average molecular weight is 409 g/mol. The first-order valence-corrected chi connectivity index (χ1v) is 9.22. The van der Waals surface area contributed by atoms with E-state index in [-0.39, 0.29) is 11.9 Å². The normalized spacial score (nSPS) is 16.5. The lowest BCUT2D eigenvalue weighted by Gasteiger charge is -2.15. The van der Waals surface area contributed by atoms with E-state index in [9.17, 15) is 9.59 Å². The maximum absolute atomic E-state index is 12.2. The van der Waals surface area contributed by atoms with Gasteiger partial charge in [-0.15, -0.1) is 0 Å². The number of thioether (sulfide) groups is 1. The number of imide groups is 1. The molecular weight excluding hydrogens is 392 g/mol. The maximum atomic E-state index is 12.2. The first-order chi connectivity index (χ1) is 11.4. The molecule has 0 radical (unpaired) electrons. The molecule has 1 aliphatic heterocycles. The minimum Gasteiger partial charge on any atom is -0.324 e. The van der Waals surface area contributed by atoms with Gasteiger partial charge in [0.05, 0.1) is 0 Å². The Bertz CT molecular complexity index is 773. The molecule has 3 rings (SSSR count). The van der Waals surface area contributed by atoms with Gasteiger partial charge in [0, 0.05) is 34.9 Å². The summed E-state index contributed by atoms with van der Waals surface area (Å²) in [4.78, 5) is 29.7. The molecule has 1 fully saturated rings. The number of halogens is 1. The predicted molar refractivity (Wildman–Crippen MR) is 96.3 cm³/mol. The van der Waals surface area contributed by atoms with Gasteiger partial charge in [-0.3, -0.25) is 14.3 Å². The van der Waals surface area contributed by atoms with Gasteiger partial charge in [-0.25, -0.2) is 9.78 Å². The van der Waals surface area contributed by atoms with Crippen molar-refractivity contribution in [2.75, 3.05) is 12.3 Å². The number of imidazole rings is 1. The Labute approximate surface area is 152 Å². The molecule has 8 heteroatoms. The maximum Gasteiger partial charge on any atom is 0.325 e. The lowest BCUT2D eigenvalue weighted by Crippen LogP contribution is -2.40. The molecule has 126 valence electrons. The smallest absolute Gasteiger partial charge is 0.324 e. The van der Waals surface area contributed by atoms with Crippen molar-refractivity contribution >= 4 is 39.6 Å². The van der Waals surface area contributed by atoms with Gasteiger partial charge in [-0.2, -0.15) is 0 Å². The highest BCUT2D eigenvalue weighted by molar-refractivity contribution is 9.10. The van der Waals surface area contributed by atoms with E-state index in [2.05, 4.69) is 26.2 Å². The summed E-state index contributed by atoms with van der Waals surface area (Å²) in [7, 11) is 0. The predicted octanol–water partition coefficient (Wildman–Crippen LogP) is 3.06. The molecule has 0 saturated carbocycles. The molecule has 1 aliphatic rings. The minimum absolute atomic E-state index is 0.190. The molecule has 1 saturated heterocycles. The van der Waals surface area contributed by atoms with Crippen molar-refractivity contribution in [3.8, 4) is 5.69 Å². The molecule has 1 aromatic carbocycles. The van der Waals surface area contributed by atoms with Crippen molar-refractivity contribution in [2.45, 2.75) is 24.5 Å². The average Bonchev–Trinajstić information content (AvgIpc) is 3.06. The molecule has 0 bridgehead atoms. The van der Waals surface area contributed by atoms with Crippen LogP contribution in [0.3, 0.4) is 0 Å². The van der Waals surface area contributed by atoms with Crippen molar-refractivity contribution in [3.63, 3.8) is 0 Å². The summed E-state index contributed by atoms with van der Waals surface area (Å²) in [5.74, 6) is 0.396. The third-order valence-corrected chi connectivity index (χ3v) is 5.18. The van der Waals surface area contributed by atoms with Crippen LogP contribution in [0.5, 0.6) is 0 Å². The third-order valence-electron chi connectivity index (χ3n) is 3.70. The second kappa shape index (κ2) is 6.60. The molecule has 0 unspecified atom stereocenters. The fourth-order valence-corrected chi connectivity index (χ4v) is 3.61. The Morgan fingerprint density at radius 3 is 2.58 bits per heavy atom. The highest BCUT2D eigenvalue weighted by atomic mass is 79.9. The van der Waals surface area contributed by atoms with Crippen LogP contribution in [0.1, 0.15) is 13.8 Å². The Balaban J connectivity index is 1.64. The molecule has 2 heterocycles. The third kappa shape index (κ3) is 3.34. The standard InChI is InChI=1S/C16H17BrN4O2S/c1-16(2)13(22)21(14(23)19-16)9-10-24-15-18-7-8-20(15)12-5-3-11(17)4-6-12/h3-8H,9-10H2,1-2H3,(H,19,23). The van der Waals surface area contributed by atoms with Gasteiger partial charge in [-0.05, 0) is 38.1 Å². The second-order valence-electron chi connectivity index (χ2n) is 5.92. The molecule has 1 aromatic heterocycles. The van der Waals surface area contributed by atoms with Crippen LogP contribution in [-0.2, 0) is 4.79 Å². The fourth-order valence-electron chi connectivity index (χ4n) is 2.44. The lowest BCUT2D eigenvalue weighted by molar-refractivity contribution is -0.130. The Kier molecular flexibility index (Phi) is 4.69. The number of carbonyl (C=O) groups excluding carboxylic acids is 2. The molecule has 0 atom stereocenters. The van der Waals surface area contributed by atoms with E-state index < -0.39 is 5.54 Å². The van der Waals surface area contributed by atoms with Crippen LogP contribution in [-0.4, -0.2) is 44.2 Å². The lowest BCUT2D eigenvalue weighted by atomic mass is 10.1. The number of hydrogen-bond acceptors (Lipinski definition) is 4. The summed E-state index contributed by atoms with van der Waals surface area (Å²) < 4.78 is 2.99. The zero-order chi connectivity index (χ0) is 17.3. The van der Waals surface area contributed by atoms with E-state index in [1.165, 1.54) is 16.7 Å². The van der Waals surface area contributed by atoms with Crippen molar-refractivity contribution < 1.29 is 9.59 Å². The molecular formula is C16H17BrN4O2S. The van der Waals surface area contributed by atoms with E-state index in [1.807, 2.05) is 35.0 Å². The van der Waals surface area contributed by atoms with Crippen LogP contribution >= 0.6 is 27.7 Å². The summed E-state index contributed by atoms with van der Waals surface area (Å²) in [6.07, 6.45) is 3.63. The topological polar surface area (TPSA) is 67.2 Å². The fraction of sp³-hybridized carbons (Fsp3) is 0.312. The van der Waals surface area contributed by atoms with E-state index in [0.29, 0.717) is 12.3 Å². The molecule has 2 aromatic rings. The quantitative estimate of drug-likeness (QED) is 0.609. The Hall–Kier alpha value is -1.80. The van der Waals surface area contributed by atoms with Gasteiger partial charge in [0.1, 0.15) is 5.54 Å². The number of amides is 3. The van der Waals surface area contributed by atoms with Crippen LogP contribution in [0.15, 0.2) is 46.3 Å². The molecule has 0 aliphatic carbocycles. The van der Waals surface area contributed by atoms with Crippen molar-refractivity contribution in [2.24, 2.45) is 0 Å². The summed E-state index contributed by atoms with van der Waals surface area (Å²) in [5, 5.41) is 3.50. The van der Waals surface area contributed by atoms with Gasteiger partial charge in [0.25, 0.3) is 5.91 Å². The van der Waals surface area contributed by atoms with E-state index in [1.54, 1.807) is 20.0 Å². The van der Waals surface area contributed by atoms with E-state index in [4.69, 9.17) is 0 Å². The first kappa shape index (κ1) is 17.0. The van der Waals surface area contributed by atoms with Gasteiger partial charge in [0.2, 0.25) is 0 Å². The van der Waals surface area contributed by atoms with Gasteiger partial charge >= 0.3 is 6.03 Å². The number of urea groups is 1. The summed E-state index contributed by atoms with van der Waals surface area (Å²) in [5.41, 5.74) is 0.187. The number of carbonyl (C=O) groups is 2. The van der Waals surface area contributed by atoms with Crippen LogP contribution in [0.25, 0.3) is 5.69 Å². The molecule has 0 spiro atoms. The Morgan fingerprint density at radius 1 is 1.25 bits per heavy atom. The van der Waals surface area contributed by atoms with Crippen molar-refractivity contribution in [1.82, 2.24) is 19.8 Å². The molecule has 24 heavy (non-hydrogen) atoms. The largest absolute Gasteiger partial charge is 0.325 e. The first-order valence-electron chi connectivity index (χ1n) is 7.45. The van der Waals surface area contributed by atoms with Crippen molar-refractivity contribution in [1.29, 1.82) is 0 Å². The van der Waals surface area contributed by atoms with Crippen LogP contribution < -0.4 is 5.32 Å². The van der Waals surface area contributed by atoms with Crippen LogP contribution in [0.4, 0.5) is 4.79 Å². The molecule has 1 N–H and O–H groups in total. The number of rotatable bonds is 5. The van der Waals surface area contributed by atoms with Crippen molar-refractivity contribution in [3.05, 3.63) is 41.1 Å². The number of nitrogens with zero attached hydrogens (tertiary/aromatic N) is 3. The van der Waals surface area contributed by atoms with Crippen LogP contribution in [0, 0.1) is 0 Å². The van der Waals surface area contributed by atoms with Crippen LogP contribution in [0.2, 0.25) is 0 Å². The minimum atomic E-state index is -0.822. The SMILES string of the molecule is CC1(C)NC(=O)N(CCSc2nccn2-c2ccc(Br)cc2)C1=O. The van der Waals surface area contributed by atoms with Gasteiger partial charge in [-0.1, -0.05) is 27.7 Å². The van der Waals surface area contributed by atoms with Gasteiger partial charge in [0.15, 0.2) is 5.16 Å². The second-order valence-corrected chi connectivity index (χ2v) is 7.89. The van der Waals surface area contributed by atoms with E-state index in [0.717, 1.165) is 15.3 Å². The number of hydrogen-bond donors (Lipinski definition) is 1. The zero-order valence-electron chi connectivity index (χ0n) is 13.3. The molecule has 3 amide bonds. The highest BCUT2D eigenvalue weighted by Gasteiger charge is 2.43. The number of benzene rings is 1. The van der Waals surface area contributed by atoms with E-state index >= 15 is 0 Å². The Morgan fingerprint density at radius 2 is 1.96 bits per heavy atom. The highest BCUT2D eigenvalue weighted by Crippen LogP contribution is 2.23. The monoisotopic (exact) mass is 408 g/mol. The zero-order valence-corrected chi connectivity index (χ0v) is 15.7.